The maximum Gasteiger partial charge on any atom is 0.266 e. The smallest absolute Gasteiger partial charge is 0.266 e. The minimum absolute atomic E-state index is 0.0533. The minimum atomic E-state index is -0.503. The molecular formula is C20H17Cl2NO3S. The molecule has 7 heteroatoms. The van der Waals surface area contributed by atoms with Crippen LogP contribution in [0.25, 0.3) is 23.5 Å². The topological polar surface area (TPSA) is 63.1 Å². The van der Waals surface area contributed by atoms with E-state index < -0.39 is 5.41 Å². The summed E-state index contributed by atoms with van der Waals surface area (Å²) >= 11 is 13.4. The summed E-state index contributed by atoms with van der Waals surface area (Å²) in [4.78, 5) is 27.0. The number of Topliss-reactive ketones (excluding diaryl/α,β-unsaturated/α-hetero) is 1. The number of ketones is 1. The second-order valence-electron chi connectivity index (χ2n) is 7.01. The molecule has 0 unspecified atom stereocenters. The van der Waals surface area contributed by atoms with Gasteiger partial charge in [0.05, 0.1) is 14.2 Å². The van der Waals surface area contributed by atoms with Gasteiger partial charge in [-0.15, -0.1) is 11.3 Å². The third-order valence-corrected chi connectivity index (χ3v) is 5.30. The van der Waals surface area contributed by atoms with E-state index in [1.165, 1.54) is 17.4 Å². The molecule has 0 bridgehead atoms. The van der Waals surface area contributed by atoms with Crippen LogP contribution in [-0.2, 0) is 4.79 Å². The molecule has 27 heavy (non-hydrogen) atoms. The highest BCUT2D eigenvalue weighted by Gasteiger charge is 2.18. The van der Waals surface area contributed by atoms with E-state index in [0.717, 1.165) is 0 Å². The maximum atomic E-state index is 12.2. The summed E-state index contributed by atoms with van der Waals surface area (Å²) < 4.78 is 6.74. The highest BCUT2D eigenvalue weighted by atomic mass is 35.5. The number of H-pyrrole nitrogens is 1. The molecule has 140 valence electrons. The van der Waals surface area contributed by atoms with E-state index >= 15 is 0 Å². The fraction of sp³-hybridized carbons (Fsp3) is 0.200. The summed E-state index contributed by atoms with van der Waals surface area (Å²) in [6, 6.07) is 8.63. The van der Waals surface area contributed by atoms with Crippen LogP contribution in [-0.4, -0.2) is 10.8 Å². The number of carbonyl (C=O) groups is 1. The first-order valence-electron chi connectivity index (χ1n) is 8.16. The van der Waals surface area contributed by atoms with Gasteiger partial charge in [0, 0.05) is 28.2 Å². The van der Waals surface area contributed by atoms with Crippen molar-refractivity contribution in [2.75, 3.05) is 0 Å². The van der Waals surface area contributed by atoms with Gasteiger partial charge < -0.3 is 9.40 Å². The van der Waals surface area contributed by atoms with Gasteiger partial charge in [-0.05, 0) is 30.3 Å². The molecule has 1 aromatic carbocycles. The first-order chi connectivity index (χ1) is 12.6. The SMILES string of the molecule is CC(C)(C)C(=O)/C=c1\[nH]c(=O)/c(=C\c2ccc(-c3cc(Cl)ccc3Cl)o2)s1. The standard InChI is InChI=1S/C20H17Cl2NO3S/c1-20(2,3)17(24)10-18-23-19(25)16(27-18)9-12-5-7-15(26-12)13-8-11(21)4-6-14(13)22/h4-10H,1-3H3,(H,23,25)/b16-9+,18-10+. The third kappa shape index (κ3) is 4.61. The lowest BCUT2D eigenvalue weighted by Gasteiger charge is -2.12. The number of aromatic nitrogens is 1. The summed E-state index contributed by atoms with van der Waals surface area (Å²) in [6.07, 6.45) is 3.09. The molecule has 4 nitrogen and oxygen atoms in total. The van der Waals surface area contributed by atoms with E-state index in [4.69, 9.17) is 27.6 Å². The molecule has 0 aliphatic heterocycles. The molecule has 2 aromatic heterocycles. The molecule has 1 N–H and O–H groups in total. The lowest BCUT2D eigenvalue weighted by Crippen LogP contribution is -2.22. The largest absolute Gasteiger partial charge is 0.457 e. The molecule has 0 fully saturated rings. The van der Waals surface area contributed by atoms with Crippen LogP contribution in [0.1, 0.15) is 26.5 Å². The first-order valence-corrected chi connectivity index (χ1v) is 9.73. The van der Waals surface area contributed by atoms with Crippen LogP contribution in [0.5, 0.6) is 0 Å². The lowest BCUT2D eigenvalue weighted by molar-refractivity contribution is -0.119. The van der Waals surface area contributed by atoms with Crippen LogP contribution < -0.4 is 14.8 Å². The Bertz CT molecular complexity index is 1180. The van der Waals surface area contributed by atoms with Gasteiger partial charge in [0.2, 0.25) is 0 Å². The van der Waals surface area contributed by atoms with Crippen molar-refractivity contribution in [2.24, 2.45) is 5.41 Å². The zero-order valence-corrected chi connectivity index (χ0v) is 17.3. The van der Waals surface area contributed by atoms with E-state index in [1.54, 1.807) is 36.4 Å². The fourth-order valence-electron chi connectivity index (χ4n) is 2.25. The molecule has 0 saturated heterocycles. The highest BCUT2D eigenvalue weighted by molar-refractivity contribution is 7.07. The van der Waals surface area contributed by atoms with E-state index in [1.807, 2.05) is 20.8 Å². The average molecular weight is 422 g/mol. The van der Waals surface area contributed by atoms with Gasteiger partial charge in [-0.25, -0.2) is 0 Å². The molecular weight excluding hydrogens is 405 g/mol. The Hall–Kier alpha value is -2.08. The Morgan fingerprint density at radius 1 is 1.19 bits per heavy atom. The number of nitrogens with one attached hydrogen (secondary N) is 1. The second-order valence-corrected chi connectivity index (χ2v) is 8.94. The summed E-state index contributed by atoms with van der Waals surface area (Å²) in [7, 11) is 0. The van der Waals surface area contributed by atoms with Crippen molar-refractivity contribution in [3.05, 3.63) is 65.7 Å². The molecule has 3 rings (SSSR count). The van der Waals surface area contributed by atoms with Crippen molar-refractivity contribution >= 4 is 52.5 Å². The van der Waals surface area contributed by atoms with Gasteiger partial charge in [0.15, 0.2) is 5.78 Å². The van der Waals surface area contributed by atoms with Crippen molar-refractivity contribution in [3.8, 4) is 11.3 Å². The quantitative estimate of drug-likeness (QED) is 0.687. The van der Waals surface area contributed by atoms with Gasteiger partial charge >= 0.3 is 0 Å². The molecule has 0 radical (unpaired) electrons. The summed E-state index contributed by atoms with van der Waals surface area (Å²) in [5.74, 6) is 1.00. The summed E-state index contributed by atoms with van der Waals surface area (Å²) in [5, 5.41) is 1.07. The van der Waals surface area contributed by atoms with E-state index in [9.17, 15) is 9.59 Å². The Labute approximate surface area is 169 Å². The number of rotatable bonds is 3. The Balaban J connectivity index is 1.99. The molecule has 2 heterocycles. The van der Waals surface area contributed by atoms with Gasteiger partial charge in [-0.2, -0.15) is 0 Å². The third-order valence-electron chi connectivity index (χ3n) is 3.78. The normalized spacial score (nSPS) is 13.4. The predicted molar refractivity (Wildman–Crippen MR) is 111 cm³/mol. The molecule has 0 amide bonds. The van der Waals surface area contributed by atoms with Gasteiger partial charge in [0.25, 0.3) is 5.56 Å². The summed E-state index contributed by atoms with van der Waals surface area (Å²) in [5.41, 5.74) is -0.0999. The Kier molecular flexibility index (Phi) is 5.47. The molecule has 3 aromatic rings. The number of halogens is 2. The molecule has 0 saturated carbocycles. The zero-order valence-electron chi connectivity index (χ0n) is 14.9. The number of thiazole rings is 1. The van der Waals surface area contributed by atoms with E-state index in [-0.39, 0.29) is 11.3 Å². The molecule has 0 atom stereocenters. The van der Waals surface area contributed by atoms with Crippen LogP contribution in [0.15, 0.2) is 39.5 Å². The van der Waals surface area contributed by atoms with Gasteiger partial charge in [0.1, 0.15) is 11.5 Å². The zero-order chi connectivity index (χ0) is 19.8. The van der Waals surface area contributed by atoms with Crippen molar-refractivity contribution in [3.63, 3.8) is 0 Å². The van der Waals surface area contributed by atoms with Crippen molar-refractivity contribution in [2.45, 2.75) is 20.8 Å². The predicted octanol–water partition coefficient (Wildman–Crippen LogP) is 4.23. The van der Waals surface area contributed by atoms with Crippen molar-refractivity contribution in [1.82, 2.24) is 4.98 Å². The number of furan rings is 1. The van der Waals surface area contributed by atoms with Gasteiger partial charge in [-0.3, -0.25) is 9.59 Å². The van der Waals surface area contributed by atoms with Crippen LogP contribution >= 0.6 is 34.5 Å². The number of hydrogen-bond donors (Lipinski definition) is 1. The van der Waals surface area contributed by atoms with Crippen molar-refractivity contribution in [1.29, 1.82) is 0 Å². The number of carbonyl (C=O) groups excluding carboxylic acids is 1. The van der Waals surface area contributed by atoms with Crippen LogP contribution in [0.2, 0.25) is 10.0 Å². The van der Waals surface area contributed by atoms with Crippen LogP contribution in [0.3, 0.4) is 0 Å². The number of aromatic amines is 1. The van der Waals surface area contributed by atoms with E-state index in [2.05, 4.69) is 4.98 Å². The Morgan fingerprint density at radius 3 is 2.63 bits per heavy atom. The number of benzene rings is 1. The van der Waals surface area contributed by atoms with Crippen molar-refractivity contribution < 1.29 is 9.21 Å². The average Bonchev–Trinajstić information content (AvgIpc) is 3.16. The summed E-state index contributed by atoms with van der Waals surface area (Å²) in [6.45, 7) is 5.49. The maximum absolute atomic E-state index is 12.2. The van der Waals surface area contributed by atoms with Crippen LogP contribution in [0.4, 0.5) is 0 Å². The minimum Gasteiger partial charge on any atom is -0.457 e. The molecule has 0 spiro atoms. The molecule has 0 aliphatic rings. The first kappa shape index (κ1) is 19.7. The Morgan fingerprint density at radius 2 is 1.93 bits per heavy atom. The fourth-order valence-corrected chi connectivity index (χ4v) is 3.50. The number of hydrogen-bond acceptors (Lipinski definition) is 4. The monoisotopic (exact) mass is 421 g/mol. The second kappa shape index (κ2) is 7.50. The van der Waals surface area contributed by atoms with E-state index in [0.29, 0.717) is 36.3 Å². The molecule has 0 aliphatic carbocycles. The highest BCUT2D eigenvalue weighted by Crippen LogP contribution is 2.31. The van der Waals surface area contributed by atoms with Gasteiger partial charge in [-0.1, -0.05) is 44.0 Å². The lowest BCUT2D eigenvalue weighted by atomic mass is 9.91. The van der Waals surface area contributed by atoms with Crippen LogP contribution in [0, 0.1) is 5.41 Å².